The van der Waals surface area contributed by atoms with E-state index in [1.807, 2.05) is 12.1 Å². The van der Waals surface area contributed by atoms with E-state index in [9.17, 15) is 13.2 Å². The van der Waals surface area contributed by atoms with Crippen molar-refractivity contribution in [3.05, 3.63) is 35.4 Å². The van der Waals surface area contributed by atoms with Crippen LogP contribution in [0, 0.1) is 0 Å². The zero-order valence-corrected chi connectivity index (χ0v) is 13.4. The number of amides is 1. The van der Waals surface area contributed by atoms with Crippen LogP contribution in [0.5, 0.6) is 0 Å². The van der Waals surface area contributed by atoms with Gasteiger partial charge >= 0.3 is 0 Å². The Hall–Kier alpha value is -1.47. The molecule has 1 aliphatic heterocycles. The number of thiocarbonyl (C=S) groups is 1. The predicted molar refractivity (Wildman–Crippen MR) is 85.9 cm³/mol. The van der Waals surface area contributed by atoms with E-state index in [-0.39, 0.29) is 29.9 Å². The van der Waals surface area contributed by atoms with Crippen molar-refractivity contribution in [2.75, 3.05) is 18.6 Å². The van der Waals surface area contributed by atoms with Crippen LogP contribution in [-0.2, 0) is 21.1 Å². The van der Waals surface area contributed by atoms with E-state index in [0.29, 0.717) is 11.4 Å². The third kappa shape index (κ3) is 4.01. The summed E-state index contributed by atoms with van der Waals surface area (Å²) in [6.07, 6.45) is 0.760. The van der Waals surface area contributed by atoms with Gasteiger partial charge in [0.05, 0.1) is 17.9 Å². The number of carbonyl (C=O) groups is 1. The van der Waals surface area contributed by atoms with Gasteiger partial charge in [0, 0.05) is 18.7 Å². The third-order valence-electron chi connectivity index (χ3n) is 3.74. The van der Waals surface area contributed by atoms with Gasteiger partial charge in [-0.25, -0.2) is 8.42 Å². The summed E-state index contributed by atoms with van der Waals surface area (Å²) in [6, 6.07) is 6.98. The molecule has 1 amide bonds. The molecule has 1 aliphatic rings. The summed E-state index contributed by atoms with van der Waals surface area (Å²) >= 11 is 4.87. The highest BCUT2D eigenvalue weighted by Crippen LogP contribution is 2.17. The molecule has 0 bridgehead atoms. The molecule has 2 N–H and O–H groups in total. The fraction of sp³-hybridized carbons (Fsp3) is 0.429. The molecule has 0 spiro atoms. The van der Waals surface area contributed by atoms with Crippen LogP contribution >= 0.6 is 12.2 Å². The monoisotopic (exact) mass is 326 g/mol. The molecule has 1 aromatic rings. The second kappa shape index (κ2) is 6.11. The van der Waals surface area contributed by atoms with Crippen molar-refractivity contribution in [3.8, 4) is 0 Å². The highest BCUT2D eigenvalue weighted by Gasteiger charge is 2.32. The quantitative estimate of drug-likeness (QED) is 0.816. The number of nitrogens with zero attached hydrogens (tertiary/aromatic N) is 1. The molecule has 5 nitrogen and oxygen atoms in total. The van der Waals surface area contributed by atoms with Crippen LogP contribution in [0.2, 0.25) is 0 Å². The average Bonchev–Trinajstić information content (AvgIpc) is 2.78. The molecule has 21 heavy (non-hydrogen) atoms. The van der Waals surface area contributed by atoms with E-state index >= 15 is 0 Å². The fourth-order valence-electron chi connectivity index (χ4n) is 2.37. The fourth-order valence-corrected chi connectivity index (χ4v) is 4.28. The van der Waals surface area contributed by atoms with Crippen molar-refractivity contribution in [1.29, 1.82) is 0 Å². The molecular formula is C14H18N2O3S2. The first-order valence-corrected chi connectivity index (χ1v) is 8.86. The van der Waals surface area contributed by atoms with Gasteiger partial charge in [-0.1, -0.05) is 36.5 Å². The van der Waals surface area contributed by atoms with Crippen molar-refractivity contribution in [2.24, 2.45) is 5.73 Å². The average molecular weight is 326 g/mol. The van der Waals surface area contributed by atoms with Gasteiger partial charge in [0.1, 0.15) is 4.99 Å². The third-order valence-corrected chi connectivity index (χ3v) is 5.73. The van der Waals surface area contributed by atoms with Crippen LogP contribution in [-0.4, -0.2) is 48.8 Å². The molecule has 0 saturated carbocycles. The Labute approximate surface area is 130 Å². The Kier molecular flexibility index (Phi) is 4.63. The van der Waals surface area contributed by atoms with Gasteiger partial charge in [0.15, 0.2) is 9.84 Å². The summed E-state index contributed by atoms with van der Waals surface area (Å²) in [5, 5.41) is 0. The topological polar surface area (TPSA) is 80.5 Å². The second-order valence-corrected chi connectivity index (χ2v) is 7.97. The summed E-state index contributed by atoms with van der Waals surface area (Å²) in [4.78, 5) is 14.1. The molecule has 7 heteroatoms. The highest BCUT2D eigenvalue weighted by molar-refractivity contribution is 7.91. The number of benzene rings is 1. The lowest BCUT2D eigenvalue weighted by atomic mass is 10.1. The lowest BCUT2D eigenvalue weighted by molar-refractivity contribution is -0.130. The Balaban J connectivity index is 1.99. The number of rotatable bonds is 4. The summed E-state index contributed by atoms with van der Waals surface area (Å²) in [5.74, 6) is 0.147. The van der Waals surface area contributed by atoms with Crippen LogP contribution < -0.4 is 5.73 Å². The molecule has 1 saturated heterocycles. The molecule has 1 unspecified atom stereocenters. The largest absolute Gasteiger partial charge is 0.389 e. The first kappa shape index (κ1) is 15.9. The highest BCUT2D eigenvalue weighted by atomic mass is 32.2. The molecule has 1 heterocycles. The van der Waals surface area contributed by atoms with Gasteiger partial charge in [0.2, 0.25) is 5.91 Å². The van der Waals surface area contributed by atoms with Crippen LogP contribution in [0.4, 0.5) is 0 Å². The number of hydrogen-bond acceptors (Lipinski definition) is 4. The smallest absolute Gasteiger partial charge is 0.227 e. The van der Waals surface area contributed by atoms with Crippen LogP contribution in [0.25, 0.3) is 0 Å². The van der Waals surface area contributed by atoms with E-state index in [1.165, 1.54) is 0 Å². The lowest BCUT2D eigenvalue weighted by Crippen LogP contribution is -2.38. The summed E-state index contributed by atoms with van der Waals surface area (Å²) in [6.45, 7) is 0. The van der Waals surface area contributed by atoms with Crippen molar-refractivity contribution in [3.63, 3.8) is 0 Å². The standard InChI is InChI=1S/C14H18N2O3S2/c1-16(12-6-7-21(18,19)9-12)13(17)8-10-2-4-11(5-3-10)14(15)20/h2-5,12H,6-9H2,1H3,(H2,15,20). The summed E-state index contributed by atoms with van der Waals surface area (Å²) < 4.78 is 22.9. The maximum atomic E-state index is 12.2. The van der Waals surface area contributed by atoms with Gasteiger partial charge in [0.25, 0.3) is 0 Å². The van der Waals surface area contributed by atoms with E-state index in [2.05, 4.69) is 0 Å². The lowest BCUT2D eigenvalue weighted by Gasteiger charge is -2.23. The van der Waals surface area contributed by atoms with Crippen LogP contribution in [0.3, 0.4) is 0 Å². The Morgan fingerprint density at radius 1 is 1.38 bits per heavy atom. The van der Waals surface area contributed by atoms with Gasteiger partial charge in [-0.15, -0.1) is 0 Å². The Bertz CT molecular complexity index is 653. The molecule has 1 aromatic carbocycles. The van der Waals surface area contributed by atoms with E-state index in [4.69, 9.17) is 18.0 Å². The molecule has 1 atom stereocenters. The number of likely N-dealkylation sites (N-methyl/N-ethyl adjacent to an activating group) is 1. The normalized spacial score (nSPS) is 20.1. The van der Waals surface area contributed by atoms with Gasteiger partial charge < -0.3 is 10.6 Å². The van der Waals surface area contributed by atoms with E-state index in [0.717, 1.165) is 11.1 Å². The minimum absolute atomic E-state index is 0.0651. The van der Waals surface area contributed by atoms with E-state index < -0.39 is 9.84 Å². The van der Waals surface area contributed by atoms with Gasteiger partial charge in [-0.05, 0) is 12.0 Å². The Morgan fingerprint density at radius 2 is 2.00 bits per heavy atom. The molecular weight excluding hydrogens is 308 g/mol. The second-order valence-electron chi connectivity index (χ2n) is 5.30. The van der Waals surface area contributed by atoms with Crippen LogP contribution in [0.1, 0.15) is 17.5 Å². The number of hydrogen-bond donors (Lipinski definition) is 1. The predicted octanol–water partition coefficient (Wildman–Crippen LogP) is 0.509. The molecule has 0 aromatic heterocycles. The number of nitrogens with two attached hydrogens (primary N) is 1. The summed E-state index contributed by atoms with van der Waals surface area (Å²) in [7, 11) is -1.32. The van der Waals surface area contributed by atoms with Crippen molar-refractivity contribution < 1.29 is 13.2 Å². The van der Waals surface area contributed by atoms with Crippen molar-refractivity contribution in [2.45, 2.75) is 18.9 Å². The molecule has 114 valence electrons. The van der Waals surface area contributed by atoms with Crippen LogP contribution in [0.15, 0.2) is 24.3 Å². The number of carbonyl (C=O) groups excluding carboxylic acids is 1. The zero-order valence-electron chi connectivity index (χ0n) is 11.8. The first-order valence-electron chi connectivity index (χ1n) is 6.63. The molecule has 0 radical (unpaired) electrons. The molecule has 0 aliphatic carbocycles. The minimum atomic E-state index is -2.98. The summed E-state index contributed by atoms with van der Waals surface area (Å²) in [5.41, 5.74) is 7.14. The van der Waals surface area contributed by atoms with Crippen molar-refractivity contribution >= 4 is 33.0 Å². The maximum absolute atomic E-state index is 12.2. The van der Waals surface area contributed by atoms with E-state index in [1.54, 1.807) is 24.1 Å². The first-order chi connectivity index (χ1) is 9.78. The molecule has 2 rings (SSSR count). The zero-order chi connectivity index (χ0) is 15.6. The molecule has 1 fully saturated rings. The number of sulfone groups is 1. The maximum Gasteiger partial charge on any atom is 0.227 e. The van der Waals surface area contributed by atoms with Crippen molar-refractivity contribution in [1.82, 2.24) is 4.90 Å². The van der Waals surface area contributed by atoms with Gasteiger partial charge in [-0.3, -0.25) is 4.79 Å². The Morgan fingerprint density at radius 3 is 2.48 bits per heavy atom. The minimum Gasteiger partial charge on any atom is -0.389 e. The SMILES string of the molecule is CN(C(=O)Cc1ccc(C(N)=S)cc1)C1CCS(=O)(=O)C1. The van der Waals surface area contributed by atoms with Gasteiger partial charge in [-0.2, -0.15) is 0 Å².